The van der Waals surface area contributed by atoms with E-state index in [4.69, 9.17) is 4.74 Å². The lowest BCUT2D eigenvalue weighted by Gasteiger charge is -2.17. The van der Waals surface area contributed by atoms with Crippen molar-refractivity contribution in [2.24, 2.45) is 0 Å². The highest BCUT2D eigenvalue weighted by Crippen LogP contribution is 2.32. The van der Waals surface area contributed by atoms with Gasteiger partial charge in [-0.15, -0.1) is 0 Å². The minimum Gasteiger partial charge on any atom is -0.465 e. The van der Waals surface area contributed by atoms with Crippen molar-refractivity contribution in [1.82, 2.24) is 4.90 Å². The predicted octanol–water partition coefficient (Wildman–Crippen LogP) is 3.70. The Hall–Kier alpha value is -3.21. The van der Waals surface area contributed by atoms with E-state index < -0.39 is 11.8 Å². The summed E-state index contributed by atoms with van der Waals surface area (Å²) < 4.78 is 18.3. The van der Waals surface area contributed by atoms with Crippen LogP contribution in [0.3, 0.4) is 0 Å². The molecular weight excluding hydrogens is 333 g/mol. The zero-order valence-corrected chi connectivity index (χ0v) is 14.5. The molecular formula is C21H18FNO3. The number of carbonyl (C=O) groups is 2. The van der Waals surface area contributed by atoms with Crippen LogP contribution in [0.5, 0.6) is 0 Å². The number of allylic oxidation sites excluding steroid dienone is 1. The van der Waals surface area contributed by atoms with Crippen LogP contribution < -0.4 is 0 Å². The standard InChI is InChI=1S/C21H18FNO3/c1-14-19(21(25)26-2)18(12-16-9-6-10-17(22)11-16)20(24)23(14)13-15-7-4-3-5-8-15/h3-12H,13H2,1-2H3/b18-12-. The number of hydrogen-bond donors (Lipinski definition) is 0. The summed E-state index contributed by atoms with van der Waals surface area (Å²) in [5.74, 6) is -1.31. The van der Waals surface area contributed by atoms with Crippen LogP contribution in [0, 0.1) is 5.82 Å². The van der Waals surface area contributed by atoms with Gasteiger partial charge in [0.15, 0.2) is 0 Å². The summed E-state index contributed by atoms with van der Waals surface area (Å²) in [6.45, 7) is 2.05. The highest BCUT2D eigenvalue weighted by molar-refractivity contribution is 6.16. The van der Waals surface area contributed by atoms with E-state index in [2.05, 4.69) is 0 Å². The summed E-state index contributed by atoms with van der Waals surface area (Å²) in [6, 6.07) is 15.4. The normalized spacial score (nSPS) is 15.7. The predicted molar refractivity (Wildman–Crippen MR) is 96.1 cm³/mol. The Morgan fingerprint density at radius 1 is 1.15 bits per heavy atom. The molecule has 0 saturated heterocycles. The van der Waals surface area contributed by atoms with E-state index in [1.807, 2.05) is 30.3 Å². The molecule has 0 aromatic heterocycles. The second-order valence-corrected chi connectivity index (χ2v) is 5.94. The third kappa shape index (κ3) is 3.42. The average Bonchev–Trinajstić information content (AvgIpc) is 2.86. The van der Waals surface area contributed by atoms with E-state index >= 15 is 0 Å². The van der Waals surface area contributed by atoms with Crippen LogP contribution >= 0.6 is 0 Å². The number of carbonyl (C=O) groups excluding carboxylic acids is 2. The molecule has 5 heteroatoms. The second-order valence-electron chi connectivity index (χ2n) is 5.94. The van der Waals surface area contributed by atoms with E-state index in [0.717, 1.165) is 5.56 Å². The van der Waals surface area contributed by atoms with Gasteiger partial charge in [0.1, 0.15) is 5.82 Å². The summed E-state index contributed by atoms with van der Waals surface area (Å²) in [4.78, 5) is 26.8. The summed E-state index contributed by atoms with van der Waals surface area (Å²) in [5, 5.41) is 0. The number of benzene rings is 2. The molecule has 0 saturated carbocycles. The molecule has 0 N–H and O–H groups in total. The van der Waals surface area contributed by atoms with Gasteiger partial charge in [-0.25, -0.2) is 9.18 Å². The van der Waals surface area contributed by atoms with E-state index in [0.29, 0.717) is 17.8 Å². The monoisotopic (exact) mass is 351 g/mol. The molecule has 1 aliphatic rings. The van der Waals surface area contributed by atoms with Crippen molar-refractivity contribution in [3.63, 3.8) is 0 Å². The number of halogens is 1. The fourth-order valence-electron chi connectivity index (χ4n) is 2.95. The average molecular weight is 351 g/mol. The molecule has 132 valence electrons. The van der Waals surface area contributed by atoms with Crippen molar-refractivity contribution in [2.45, 2.75) is 13.5 Å². The molecule has 0 aliphatic carbocycles. The van der Waals surface area contributed by atoms with Crippen molar-refractivity contribution in [3.05, 3.63) is 88.4 Å². The lowest BCUT2D eigenvalue weighted by atomic mass is 10.0. The molecule has 0 bridgehead atoms. The maximum atomic E-state index is 13.5. The third-order valence-corrected chi connectivity index (χ3v) is 4.24. The molecule has 2 aromatic rings. The van der Waals surface area contributed by atoms with Crippen molar-refractivity contribution in [2.75, 3.05) is 7.11 Å². The lowest BCUT2D eigenvalue weighted by Crippen LogP contribution is -2.24. The van der Waals surface area contributed by atoms with Gasteiger partial charge in [-0.2, -0.15) is 0 Å². The number of nitrogens with zero attached hydrogens (tertiary/aromatic N) is 1. The van der Waals surface area contributed by atoms with Gasteiger partial charge in [0.25, 0.3) is 5.91 Å². The topological polar surface area (TPSA) is 46.6 Å². The highest BCUT2D eigenvalue weighted by atomic mass is 19.1. The van der Waals surface area contributed by atoms with Crippen LogP contribution in [0.25, 0.3) is 6.08 Å². The van der Waals surface area contributed by atoms with E-state index in [1.165, 1.54) is 30.2 Å². The molecule has 26 heavy (non-hydrogen) atoms. The number of rotatable bonds is 4. The Bertz CT molecular complexity index is 916. The van der Waals surface area contributed by atoms with Crippen molar-refractivity contribution in [3.8, 4) is 0 Å². The van der Waals surface area contributed by atoms with E-state index in [1.54, 1.807) is 19.1 Å². The maximum Gasteiger partial charge on any atom is 0.340 e. The van der Waals surface area contributed by atoms with Crippen LogP contribution in [0.4, 0.5) is 4.39 Å². The minimum absolute atomic E-state index is 0.205. The second kappa shape index (κ2) is 7.35. The van der Waals surface area contributed by atoms with Crippen molar-refractivity contribution in [1.29, 1.82) is 0 Å². The molecule has 4 nitrogen and oxygen atoms in total. The van der Waals surface area contributed by atoms with Crippen molar-refractivity contribution < 1.29 is 18.7 Å². The quantitative estimate of drug-likeness (QED) is 0.623. The zero-order chi connectivity index (χ0) is 18.7. The Morgan fingerprint density at radius 3 is 2.54 bits per heavy atom. The zero-order valence-electron chi connectivity index (χ0n) is 14.5. The summed E-state index contributed by atoms with van der Waals surface area (Å²) in [7, 11) is 1.27. The molecule has 3 rings (SSSR count). The van der Waals surface area contributed by atoms with Gasteiger partial charge in [0.2, 0.25) is 0 Å². The van der Waals surface area contributed by atoms with Gasteiger partial charge in [0, 0.05) is 5.70 Å². The Labute approximate surface area is 151 Å². The number of amides is 1. The summed E-state index contributed by atoms with van der Waals surface area (Å²) in [5.41, 5.74) is 2.38. The van der Waals surface area contributed by atoms with Gasteiger partial charge in [-0.05, 0) is 36.3 Å². The molecule has 1 aliphatic heterocycles. The number of esters is 1. The molecule has 0 spiro atoms. The number of methoxy groups -OCH3 is 1. The lowest BCUT2D eigenvalue weighted by molar-refractivity contribution is -0.136. The Balaban J connectivity index is 2.03. The Morgan fingerprint density at radius 2 is 1.88 bits per heavy atom. The molecule has 1 heterocycles. The third-order valence-electron chi connectivity index (χ3n) is 4.24. The SMILES string of the molecule is COC(=O)C1=C(C)N(Cc2ccccc2)C(=O)/C1=C\c1cccc(F)c1. The van der Waals surface area contributed by atoms with Gasteiger partial charge in [-0.1, -0.05) is 42.5 Å². The molecule has 0 atom stereocenters. The summed E-state index contributed by atoms with van der Waals surface area (Å²) in [6.07, 6.45) is 1.52. The fraction of sp³-hybridized carbons (Fsp3) is 0.143. The van der Waals surface area contributed by atoms with Crippen molar-refractivity contribution >= 4 is 18.0 Å². The fourth-order valence-corrected chi connectivity index (χ4v) is 2.95. The van der Waals surface area contributed by atoms with Gasteiger partial charge in [0.05, 0.1) is 24.8 Å². The molecule has 0 unspecified atom stereocenters. The largest absolute Gasteiger partial charge is 0.465 e. The Kier molecular flexibility index (Phi) is 4.98. The van der Waals surface area contributed by atoms with Gasteiger partial charge < -0.3 is 9.64 Å². The number of hydrogen-bond acceptors (Lipinski definition) is 3. The first-order chi connectivity index (χ1) is 12.5. The molecule has 0 fully saturated rings. The minimum atomic E-state index is -0.589. The van der Waals surface area contributed by atoms with Crippen LogP contribution in [0.15, 0.2) is 71.4 Å². The molecule has 0 radical (unpaired) electrons. The van der Waals surface area contributed by atoms with Gasteiger partial charge in [-0.3, -0.25) is 4.79 Å². The maximum absolute atomic E-state index is 13.5. The molecule has 2 aromatic carbocycles. The van der Waals surface area contributed by atoms with E-state index in [9.17, 15) is 14.0 Å². The highest BCUT2D eigenvalue weighted by Gasteiger charge is 2.36. The first-order valence-corrected chi connectivity index (χ1v) is 8.14. The van der Waals surface area contributed by atoms with Crippen LogP contribution in [0.2, 0.25) is 0 Å². The van der Waals surface area contributed by atoms with Crippen LogP contribution in [-0.2, 0) is 20.9 Å². The number of ether oxygens (including phenoxy) is 1. The molecule has 1 amide bonds. The smallest absolute Gasteiger partial charge is 0.340 e. The van der Waals surface area contributed by atoms with Crippen LogP contribution in [0.1, 0.15) is 18.1 Å². The van der Waals surface area contributed by atoms with Crippen LogP contribution in [-0.4, -0.2) is 23.9 Å². The van der Waals surface area contributed by atoms with E-state index in [-0.39, 0.29) is 17.1 Å². The summed E-state index contributed by atoms with van der Waals surface area (Å²) >= 11 is 0. The first kappa shape index (κ1) is 17.6. The van der Waals surface area contributed by atoms with Gasteiger partial charge >= 0.3 is 5.97 Å². The first-order valence-electron chi connectivity index (χ1n) is 8.14.